The fraction of sp³-hybridized carbons (Fsp3) is 0.294. The molecule has 1 atom stereocenters. The lowest BCUT2D eigenvalue weighted by molar-refractivity contribution is 0.354. The van der Waals surface area contributed by atoms with Gasteiger partial charge in [0.25, 0.3) is 0 Å². The maximum absolute atomic E-state index is 12.5. The Kier molecular flexibility index (Phi) is 6.57. The highest BCUT2D eigenvalue weighted by atomic mass is 35.5. The Morgan fingerprint density at radius 1 is 1.04 bits per heavy atom. The average molecular weight is 404 g/mol. The standard InChI is InChI=1S/C17H19Cl2NO4S/c1-11(12-7-8-16(23-2)17(9-12)24-3)20-25(21,22)10-13-14(18)5-4-6-15(13)19/h4-9,11,20H,10H2,1-3H3. The minimum atomic E-state index is -3.65. The molecule has 0 aliphatic carbocycles. The van der Waals surface area contributed by atoms with Gasteiger partial charge in [0.1, 0.15) is 0 Å². The molecule has 0 spiro atoms. The van der Waals surface area contributed by atoms with Crippen molar-refractivity contribution in [3.05, 3.63) is 57.6 Å². The summed E-state index contributed by atoms with van der Waals surface area (Å²) in [7, 11) is -0.591. The second-order valence-electron chi connectivity index (χ2n) is 5.41. The van der Waals surface area contributed by atoms with Crippen LogP contribution in [-0.2, 0) is 15.8 Å². The van der Waals surface area contributed by atoms with Crippen LogP contribution in [0, 0.1) is 0 Å². The summed E-state index contributed by atoms with van der Waals surface area (Å²) >= 11 is 12.1. The topological polar surface area (TPSA) is 64.6 Å². The smallest absolute Gasteiger partial charge is 0.216 e. The van der Waals surface area contributed by atoms with Crippen molar-refractivity contribution in [2.24, 2.45) is 0 Å². The van der Waals surface area contributed by atoms with Gasteiger partial charge in [-0.2, -0.15) is 0 Å². The minimum Gasteiger partial charge on any atom is -0.493 e. The van der Waals surface area contributed by atoms with Crippen molar-refractivity contribution >= 4 is 33.2 Å². The number of halogens is 2. The van der Waals surface area contributed by atoms with Crippen molar-refractivity contribution in [3.63, 3.8) is 0 Å². The van der Waals surface area contributed by atoms with E-state index in [0.717, 1.165) is 5.56 Å². The van der Waals surface area contributed by atoms with Crippen LogP contribution in [0.2, 0.25) is 10.0 Å². The van der Waals surface area contributed by atoms with Gasteiger partial charge < -0.3 is 9.47 Å². The Hall–Kier alpha value is -1.47. The number of ether oxygens (including phenoxy) is 2. The summed E-state index contributed by atoms with van der Waals surface area (Å²) in [6.45, 7) is 1.74. The van der Waals surface area contributed by atoms with Crippen LogP contribution < -0.4 is 14.2 Å². The Balaban J connectivity index is 2.20. The average Bonchev–Trinajstić information content (AvgIpc) is 2.57. The first-order chi connectivity index (χ1) is 11.8. The van der Waals surface area contributed by atoms with Crippen LogP contribution in [0.25, 0.3) is 0 Å². The first kappa shape index (κ1) is 19.8. The van der Waals surface area contributed by atoms with Crippen LogP contribution in [0.15, 0.2) is 36.4 Å². The molecule has 8 heteroatoms. The third-order valence-corrected chi connectivity index (χ3v) is 5.75. The molecule has 1 N–H and O–H groups in total. The van der Waals surface area contributed by atoms with Crippen molar-refractivity contribution in [3.8, 4) is 11.5 Å². The SMILES string of the molecule is COc1ccc(C(C)NS(=O)(=O)Cc2c(Cl)cccc2Cl)cc1OC. The molecule has 2 aromatic rings. The highest BCUT2D eigenvalue weighted by Gasteiger charge is 2.20. The lowest BCUT2D eigenvalue weighted by Crippen LogP contribution is -2.28. The maximum atomic E-state index is 12.5. The van der Waals surface area contributed by atoms with E-state index in [-0.39, 0.29) is 5.75 Å². The Morgan fingerprint density at radius 2 is 1.64 bits per heavy atom. The molecule has 0 amide bonds. The van der Waals surface area contributed by atoms with E-state index in [1.807, 2.05) is 0 Å². The molecule has 0 radical (unpaired) electrons. The zero-order valence-electron chi connectivity index (χ0n) is 14.0. The summed E-state index contributed by atoms with van der Waals surface area (Å²) < 4.78 is 38.0. The molecule has 25 heavy (non-hydrogen) atoms. The molecule has 0 saturated heterocycles. The molecule has 5 nitrogen and oxygen atoms in total. The number of nitrogens with one attached hydrogen (secondary N) is 1. The molecule has 0 heterocycles. The first-order valence-electron chi connectivity index (χ1n) is 7.42. The number of hydrogen-bond donors (Lipinski definition) is 1. The molecular weight excluding hydrogens is 385 g/mol. The highest BCUT2D eigenvalue weighted by Crippen LogP contribution is 2.31. The number of sulfonamides is 1. The van der Waals surface area contributed by atoms with Crippen LogP contribution >= 0.6 is 23.2 Å². The Bertz CT molecular complexity index is 835. The van der Waals surface area contributed by atoms with Gasteiger partial charge in [-0.25, -0.2) is 13.1 Å². The lowest BCUT2D eigenvalue weighted by atomic mass is 10.1. The van der Waals surface area contributed by atoms with Gasteiger partial charge in [-0.05, 0) is 36.8 Å². The molecule has 0 aromatic heterocycles. The quantitative estimate of drug-likeness (QED) is 0.752. The minimum absolute atomic E-state index is 0.302. The zero-order chi connectivity index (χ0) is 18.6. The predicted molar refractivity (Wildman–Crippen MR) is 100 cm³/mol. The summed E-state index contributed by atoms with van der Waals surface area (Å²) in [5.41, 5.74) is 1.12. The molecule has 0 aliphatic heterocycles. The van der Waals surface area contributed by atoms with Crippen molar-refractivity contribution in [1.29, 1.82) is 0 Å². The molecule has 0 fully saturated rings. The number of benzene rings is 2. The third kappa shape index (κ3) is 5.01. The number of rotatable bonds is 7. The van der Waals surface area contributed by atoms with Gasteiger partial charge in [-0.15, -0.1) is 0 Å². The molecule has 136 valence electrons. The Labute approximate surface area is 157 Å². The van der Waals surface area contributed by atoms with Crippen LogP contribution in [0.1, 0.15) is 24.1 Å². The third-order valence-electron chi connectivity index (χ3n) is 3.66. The van der Waals surface area contributed by atoms with E-state index in [2.05, 4.69) is 4.72 Å². The molecule has 0 aliphatic rings. The largest absolute Gasteiger partial charge is 0.493 e. The molecule has 0 bridgehead atoms. The van der Waals surface area contributed by atoms with E-state index in [4.69, 9.17) is 32.7 Å². The van der Waals surface area contributed by atoms with Gasteiger partial charge >= 0.3 is 0 Å². The number of hydrogen-bond acceptors (Lipinski definition) is 4. The van der Waals surface area contributed by atoms with E-state index >= 15 is 0 Å². The molecule has 1 unspecified atom stereocenters. The summed E-state index contributed by atoms with van der Waals surface area (Å²) in [5.74, 6) is 0.799. The molecule has 0 saturated carbocycles. The summed E-state index contributed by atoms with van der Waals surface area (Å²) in [5, 5.41) is 0.633. The van der Waals surface area contributed by atoms with E-state index in [1.165, 1.54) is 14.2 Å². The summed E-state index contributed by atoms with van der Waals surface area (Å²) in [6, 6.07) is 9.65. The second kappa shape index (κ2) is 8.27. The highest BCUT2D eigenvalue weighted by molar-refractivity contribution is 7.88. The van der Waals surface area contributed by atoms with E-state index in [9.17, 15) is 8.42 Å². The van der Waals surface area contributed by atoms with Crippen molar-refractivity contribution < 1.29 is 17.9 Å². The monoisotopic (exact) mass is 403 g/mol. The summed E-state index contributed by atoms with van der Waals surface area (Å²) in [4.78, 5) is 0. The first-order valence-corrected chi connectivity index (χ1v) is 9.83. The zero-order valence-corrected chi connectivity index (χ0v) is 16.4. The molecule has 2 rings (SSSR count). The van der Waals surface area contributed by atoms with E-state index in [1.54, 1.807) is 43.3 Å². The van der Waals surface area contributed by atoms with Crippen molar-refractivity contribution in [2.45, 2.75) is 18.7 Å². The van der Waals surface area contributed by atoms with E-state index in [0.29, 0.717) is 27.1 Å². The van der Waals surface area contributed by atoms with Crippen molar-refractivity contribution in [1.82, 2.24) is 4.72 Å². The van der Waals surface area contributed by atoms with Gasteiger partial charge in [0.05, 0.1) is 20.0 Å². The fourth-order valence-corrected chi connectivity index (χ4v) is 4.50. The van der Waals surface area contributed by atoms with Gasteiger partial charge in [0.15, 0.2) is 11.5 Å². The fourth-order valence-electron chi connectivity index (χ4n) is 2.36. The van der Waals surface area contributed by atoms with Crippen LogP contribution in [0.4, 0.5) is 0 Å². The lowest BCUT2D eigenvalue weighted by Gasteiger charge is -2.17. The molecule has 2 aromatic carbocycles. The van der Waals surface area contributed by atoms with Gasteiger partial charge in [-0.3, -0.25) is 0 Å². The second-order valence-corrected chi connectivity index (χ2v) is 7.98. The van der Waals surface area contributed by atoms with Gasteiger partial charge in [0, 0.05) is 21.7 Å². The van der Waals surface area contributed by atoms with Crippen molar-refractivity contribution in [2.75, 3.05) is 14.2 Å². The normalized spacial score (nSPS) is 12.7. The summed E-state index contributed by atoms with van der Waals surface area (Å²) in [6.07, 6.45) is 0. The molecular formula is C17H19Cl2NO4S. The Morgan fingerprint density at radius 3 is 2.20 bits per heavy atom. The van der Waals surface area contributed by atoms with Crippen LogP contribution in [0.3, 0.4) is 0 Å². The maximum Gasteiger partial charge on any atom is 0.216 e. The van der Waals surface area contributed by atoms with Gasteiger partial charge in [-0.1, -0.05) is 35.3 Å². The van der Waals surface area contributed by atoms with Crippen LogP contribution in [-0.4, -0.2) is 22.6 Å². The van der Waals surface area contributed by atoms with Gasteiger partial charge in [0.2, 0.25) is 10.0 Å². The predicted octanol–water partition coefficient (Wildman–Crippen LogP) is 4.19. The number of methoxy groups -OCH3 is 2. The van der Waals surface area contributed by atoms with Crippen LogP contribution in [0.5, 0.6) is 11.5 Å². The van der Waals surface area contributed by atoms with E-state index < -0.39 is 16.1 Å².